The van der Waals surface area contributed by atoms with E-state index in [2.05, 4.69) is 10.3 Å². The number of benzene rings is 1. The molecule has 0 saturated carbocycles. The third kappa shape index (κ3) is 2.67. The molecule has 0 aliphatic heterocycles. The first kappa shape index (κ1) is 13.0. The van der Waals surface area contributed by atoms with Gasteiger partial charge in [-0.25, -0.2) is 13.8 Å². The van der Waals surface area contributed by atoms with E-state index in [4.69, 9.17) is 0 Å². The minimum atomic E-state index is -0.849. The number of hydrogen-bond donors (Lipinski definition) is 1. The fourth-order valence-electron chi connectivity index (χ4n) is 1.62. The molecule has 0 radical (unpaired) electrons. The molecule has 2 rings (SSSR count). The average Bonchev–Trinajstić information content (AvgIpc) is 2.62. The molecule has 0 unspecified atom stereocenters. The number of halogens is 2. The van der Waals surface area contributed by atoms with Crippen LogP contribution in [-0.2, 0) is 0 Å². The quantitative estimate of drug-likeness (QED) is 0.901. The summed E-state index contributed by atoms with van der Waals surface area (Å²) in [6.07, 6.45) is 0. The smallest absolute Gasteiger partial charge is 0.183 e. The second-order valence-electron chi connectivity index (χ2n) is 4.35. The normalized spacial score (nSPS) is 11.0. The van der Waals surface area contributed by atoms with E-state index in [1.807, 2.05) is 20.8 Å². The van der Waals surface area contributed by atoms with E-state index in [1.54, 1.807) is 6.07 Å². The maximum Gasteiger partial charge on any atom is 0.183 e. The van der Waals surface area contributed by atoms with Crippen molar-refractivity contribution in [2.24, 2.45) is 0 Å². The van der Waals surface area contributed by atoms with Gasteiger partial charge in [0.05, 0.1) is 5.69 Å². The van der Waals surface area contributed by atoms with Crippen molar-refractivity contribution in [2.45, 2.75) is 26.8 Å². The van der Waals surface area contributed by atoms with Gasteiger partial charge in [-0.15, -0.1) is 11.3 Å². The Labute approximate surface area is 109 Å². The molecule has 0 atom stereocenters. The topological polar surface area (TPSA) is 24.9 Å². The Kier molecular flexibility index (Phi) is 3.61. The highest BCUT2D eigenvalue weighted by atomic mass is 32.1. The number of nitrogens with one attached hydrogen (secondary N) is 1. The highest BCUT2D eigenvalue weighted by Crippen LogP contribution is 2.31. The minimum Gasteiger partial charge on any atom is -0.359 e. The summed E-state index contributed by atoms with van der Waals surface area (Å²) in [5, 5.41) is 4.00. The third-order valence-electron chi connectivity index (χ3n) is 2.40. The molecule has 5 heteroatoms. The highest BCUT2D eigenvalue weighted by molar-refractivity contribution is 7.16. The zero-order chi connectivity index (χ0) is 13.3. The van der Waals surface area contributed by atoms with Crippen molar-refractivity contribution in [1.82, 2.24) is 4.98 Å². The van der Waals surface area contributed by atoms with E-state index in [1.165, 1.54) is 17.4 Å². The number of aryl methyl sites for hydroxylation is 1. The van der Waals surface area contributed by atoms with Crippen molar-refractivity contribution in [2.75, 3.05) is 5.32 Å². The molecule has 1 heterocycles. The first-order valence-electron chi connectivity index (χ1n) is 5.66. The van der Waals surface area contributed by atoms with Crippen molar-refractivity contribution < 1.29 is 8.78 Å². The van der Waals surface area contributed by atoms with Crippen molar-refractivity contribution in [3.8, 4) is 11.3 Å². The lowest BCUT2D eigenvalue weighted by Crippen LogP contribution is -2.08. The van der Waals surface area contributed by atoms with Gasteiger partial charge in [0.15, 0.2) is 16.8 Å². The number of thiazole rings is 1. The lowest BCUT2D eigenvalue weighted by molar-refractivity contribution is 0.509. The van der Waals surface area contributed by atoms with E-state index < -0.39 is 11.6 Å². The van der Waals surface area contributed by atoms with Gasteiger partial charge in [-0.3, -0.25) is 0 Å². The zero-order valence-electron chi connectivity index (χ0n) is 10.4. The van der Waals surface area contributed by atoms with Crippen LogP contribution in [0.5, 0.6) is 0 Å². The second-order valence-corrected chi connectivity index (χ2v) is 5.55. The van der Waals surface area contributed by atoms with Crippen LogP contribution in [0.3, 0.4) is 0 Å². The van der Waals surface area contributed by atoms with Crippen molar-refractivity contribution in [3.63, 3.8) is 0 Å². The molecule has 2 aromatic rings. The summed E-state index contributed by atoms with van der Waals surface area (Å²) in [6.45, 7) is 5.96. The Balaban J connectivity index is 2.38. The summed E-state index contributed by atoms with van der Waals surface area (Å²) in [5.41, 5.74) is 1.29. The van der Waals surface area contributed by atoms with Crippen LogP contribution in [0.4, 0.5) is 13.9 Å². The maximum absolute atomic E-state index is 13.2. The molecule has 0 aliphatic carbocycles. The Morgan fingerprint density at radius 3 is 2.56 bits per heavy atom. The van der Waals surface area contributed by atoms with Gasteiger partial charge >= 0.3 is 0 Å². The predicted molar refractivity (Wildman–Crippen MR) is 71.0 cm³/mol. The van der Waals surface area contributed by atoms with Gasteiger partial charge < -0.3 is 5.32 Å². The van der Waals surface area contributed by atoms with Crippen LogP contribution in [0.1, 0.15) is 18.7 Å². The molecular formula is C13H14F2N2S. The summed E-state index contributed by atoms with van der Waals surface area (Å²) in [6, 6.07) is 4.13. The fraction of sp³-hybridized carbons (Fsp3) is 0.308. The Hall–Kier alpha value is -1.49. The van der Waals surface area contributed by atoms with Crippen molar-refractivity contribution in [1.29, 1.82) is 0 Å². The third-order valence-corrected chi connectivity index (χ3v) is 3.30. The van der Waals surface area contributed by atoms with Crippen LogP contribution in [0.25, 0.3) is 11.3 Å². The number of hydrogen-bond acceptors (Lipinski definition) is 3. The van der Waals surface area contributed by atoms with Crippen LogP contribution in [0.15, 0.2) is 18.2 Å². The van der Waals surface area contributed by atoms with Gasteiger partial charge in [-0.2, -0.15) is 0 Å². The van der Waals surface area contributed by atoms with Crippen LogP contribution in [-0.4, -0.2) is 11.0 Å². The molecular weight excluding hydrogens is 254 g/mol. The summed E-state index contributed by atoms with van der Waals surface area (Å²) < 4.78 is 26.1. The molecule has 1 aromatic carbocycles. The Bertz CT molecular complexity index is 564. The Morgan fingerprint density at radius 2 is 1.94 bits per heavy atom. The zero-order valence-corrected chi connectivity index (χ0v) is 11.2. The SMILES string of the molecule is Cc1sc(NC(C)C)nc1-c1ccc(F)c(F)c1. The van der Waals surface area contributed by atoms with Gasteiger partial charge in [-0.1, -0.05) is 0 Å². The van der Waals surface area contributed by atoms with Crippen molar-refractivity contribution >= 4 is 16.5 Å². The molecule has 0 fully saturated rings. The van der Waals surface area contributed by atoms with Gasteiger partial charge in [-0.05, 0) is 39.0 Å². The molecule has 0 spiro atoms. The summed E-state index contributed by atoms with van der Waals surface area (Å²) in [5.74, 6) is -1.69. The standard InChI is InChI=1S/C13H14F2N2S/c1-7(2)16-13-17-12(8(3)18-13)9-4-5-10(14)11(15)6-9/h4-7H,1-3H3,(H,16,17). The molecule has 0 amide bonds. The second kappa shape index (κ2) is 5.02. The minimum absolute atomic E-state index is 0.286. The average molecular weight is 268 g/mol. The molecule has 1 N–H and O–H groups in total. The van der Waals surface area contributed by atoms with Crippen LogP contribution in [0.2, 0.25) is 0 Å². The van der Waals surface area contributed by atoms with Crippen LogP contribution in [0, 0.1) is 18.6 Å². The van der Waals surface area contributed by atoms with Crippen LogP contribution >= 0.6 is 11.3 Å². The van der Waals surface area contributed by atoms with Gasteiger partial charge in [0.1, 0.15) is 0 Å². The number of aromatic nitrogens is 1. The molecule has 18 heavy (non-hydrogen) atoms. The van der Waals surface area contributed by atoms with E-state index in [-0.39, 0.29) is 6.04 Å². The summed E-state index contributed by atoms with van der Waals surface area (Å²) >= 11 is 1.51. The molecule has 0 saturated heterocycles. The van der Waals surface area contributed by atoms with E-state index >= 15 is 0 Å². The molecule has 96 valence electrons. The van der Waals surface area contributed by atoms with Gasteiger partial charge in [0.25, 0.3) is 0 Å². The van der Waals surface area contributed by atoms with Crippen LogP contribution < -0.4 is 5.32 Å². The largest absolute Gasteiger partial charge is 0.359 e. The fourth-order valence-corrected chi connectivity index (χ4v) is 2.60. The first-order chi connectivity index (χ1) is 8.47. The number of anilines is 1. The molecule has 0 bridgehead atoms. The summed E-state index contributed by atoms with van der Waals surface area (Å²) in [4.78, 5) is 5.39. The van der Waals surface area contributed by atoms with E-state index in [0.29, 0.717) is 11.3 Å². The molecule has 2 nitrogen and oxygen atoms in total. The monoisotopic (exact) mass is 268 g/mol. The van der Waals surface area contributed by atoms with Gasteiger partial charge in [0, 0.05) is 16.5 Å². The number of nitrogens with zero attached hydrogens (tertiary/aromatic N) is 1. The Morgan fingerprint density at radius 1 is 1.22 bits per heavy atom. The van der Waals surface area contributed by atoms with Gasteiger partial charge in [0.2, 0.25) is 0 Å². The molecule has 1 aromatic heterocycles. The molecule has 0 aliphatic rings. The highest BCUT2D eigenvalue weighted by Gasteiger charge is 2.12. The number of rotatable bonds is 3. The predicted octanol–water partition coefficient (Wildman–Crippen LogP) is 4.22. The lowest BCUT2D eigenvalue weighted by atomic mass is 10.1. The van der Waals surface area contributed by atoms with E-state index in [0.717, 1.165) is 16.1 Å². The lowest BCUT2D eigenvalue weighted by Gasteiger charge is -2.04. The first-order valence-corrected chi connectivity index (χ1v) is 6.48. The maximum atomic E-state index is 13.2. The van der Waals surface area contributed by atoms with E-state index in [9.17, 15) is 8.78 Å². The van der Waals surface area contributed by atoms with Crippen molar-refractivity contribution in [3.05, 3.63) is 34.7 Å². The summed E-state index contributed by atoms with van der Waals surface area (Å²) in [7, 11) is 0.